The Morgan fingerprint density at radius 2 is 2.06 bits per heavy atom. The number of carbonyl (C=O) groups excluding carboxylic acids is 1. The lowest BCUT2D eigenvalue weighted by Gasteiger charge is -2.26. The summed E-state index contributed by atoms with van der Waals surface area (Å²) < 4.78 is 7.18. The van der Waals surface area contributed by atoms with Crippen LogP contribution in [0.2, 0.25) is 0 Å². The van der Waals surface area contributed by atoms with Crippen LogP contribution < -0.4 is 11.0 Å². The van der Waals surface area contributed by atoms with Crippen molar-refractivity contribution in [2.24, 2.45) is 0 Å². The summed E-state index contributed by atoms with van der Waals surface area (Å²) in [7, 11) is 0. The molecule has 1 amide bonds. The van der Waals surface area contributed by atoms with Gasteiger partial charge in [-0.05, 0) is 31.7 Å². The second kappa shape index (κ2) is 10.9. The van der Waals surface area contributed by atoms with E-state index in [0.29, 0.717) is 17.3 Å². The SMILES string of the molecule is O=C(CSc1nc(=O)n(CCCN2CCOCC2)c2c1CCC2)Nc1cccc([N+](=O)[O-])c1. The van der Waals surface area contributed by atoms with Crippen molar-refractivity contribution in [3.8, 4) is 0 Å². The molecule has 2 aromatic rings. The summed E-state index contributed by atoms with van der Waals surface area (Å²) in [6.07, 6.45) is 3.54. The lowest BCUT2D eigenvalue weighted by molar-refractivity contribution is -0.384. The number of nitro benzene ring substituents is 1. The first-order valence-corrected chi connectivity index (χ1v) is 12.1. The van der Waals surface area contributed by atoms with E-state index < -0.39 is 4.92 Å². The first-order valence-electron chi connectivity index (χ1n) is 11.1. The highest BCUT2D eigenvalue weighted by Gasteiger charge is 2.23. The molecule has 1 aromatic carbocycles. The zero-order chi connectivity index (χ0) is 23.2. The summed E-state index contributed by atoms with van der Waals surface area (Å²) in [6.45, 7) is 4.95. The van der Waals surface area contributed by atoms with Crippen LogP contribution in [-0.4, -0.2) is 63.9 Å². The minimum Gasteiger partial charge on any atom is -0.379 e. The Morgan fingerprint density at radius 1 is 1.24 bits per heavy atom. The summed E-state index contributed by atoms with van der Waals surface area (Å²) in [5.41, 5.74) is 2.12. The van der Waals surface area contributed by atoms with Gasteiger partial charge in [-0.3, -0.25) is 24.4 Å². The Bertz CT molecular complexity index is 1080. The normalized spacial score (nSPS) is 15.9. The van der Waals surface area contributed by atoms with Crippen molar-refractivity contribution < 1.29 is 14.5 Å². The van der Waals surface area contributed by atoms with Gasteiger partial charge in [-0.15, -0.1) is 0 Å². The molecule has 10 nitrogen and oxygen atoms in total. The number of hydrogen-bond acceptors (Lipinski definition) is 8. The van der Waals surface area contributed by atoms with Crippen molar-refractivity contribution in [3.05, 3.63) is 56.1 Å². The Morgan fingerprint density at radius 3 is 2.85 bits per heavy atom. The maximum absolute atomic E-state index is 12.8. The van der Waals surface area contributed by atoms with Gasteiger partial charge in [0.15, 0.2) is 0 Å². The molecule has 2 heterocycles. The smallest absolute Gasteiger partial charge is 0.348 e. The summed E-state index contributed by atoms with van der Waals surface area (Å²) >= 11 is 1.24. The second-order valence-corrected chi connectivity index (χ2v) is 9.05. The van der Waals surface area contributed by atoms with Gasteiger partial charge in [0.1, 0.15) is 5.03 Å². The number of ether oxygens (including phenoxy) is 1. The van der Waals surface area contributed by atoms with Gasteiger partial charge in [-0.2, -0.15) is 4.98 Å². The molecule has 1 aliphatic heterocycles. The van der Waals surface area contributed by atoms with Crippen LogP contribution in [0.3, 0.4) is 0 Å². The predicted octanol–water partition coefficient (Wildman–Crippen LogP) is 2.09. The molecular weight excluding hydrogens is 446 g/mol. The Labute approximate surface area is 195 Å². The van der Waals surface area contributed by atoms with E-state index in [0.717, 1.165) is 69.8 Å². The molecule has 1 aromatic heterocycles. The summed E-state index contributed by atoms with van der Waals surface area (Å²) in [6, 6.07) is 5.81. The zero-order valence-electron chi connectivity index (χ0n) is 18.3. The lowest BCUT2D eigenvalue weighted by Crippen LogP contribution is -2.37. The van der Waals surface area contributed by atoms with Crippen molar-refractivity contribution in [2.45, 2.75) is 37.3 Å². The van der Waals surface area contributed by atoms with Gasteiger partial charge in [0.25, 0.3) is 5.69 Å². The number of anilines is 1. The fraction of sp³-hybridized carbons (Fsp3) is 0.500. The maximum Gasteiger partial charge on any atom is 0.348 e. The minimum atomic E-state index is -0.506. The molecule has 1 saturated heterocycles. The van der Waals surface area contributed by atoms with Crippen LogP contribution >= 0.6 is 11.8 Å². The number of benzene rings is 1. The third-order valence-corrected chi connectivity index (χ3v) is 6.86. The van der Waals surface area contributed by atoms with Crippen LogP contribution in [0.5, 0.6) is 0 Å². The van der Waals surface area contributed by atoms with E-state index in [9.17, 15) is 19.7 Å². The van der Waals surface area contributed by atoms with Crippen LogP contribution in [0.15, 0.2) is 34.1 Å². The summed E-state index contributed by atoms with van der Waals surface area (Å²) in [4.78, 5) is 42.2. The van der Waals surface area contributed by atoms with Crippen LogP contribution in [0.4, 0.5) is 11.4 Å². The molecule has 4 rings (SSSR count). The number of fused-ring (bicyclic) bond motifs is 1. The van der Waals surface area contributed by atoms with Gasteiger partial charge in [0.2, 0.25) is 5.91 Å². The van der Waals surface area contributed by atoms with Crippen molar-refractivity contribution in [2.75, 3.05) is 43.9 Å². The third kappa shape index (κ3) is 5.98. The lowest BCUT2D eigenvalue weighted by atomic mass is 10.2. The van der Waals surface area contributed by atoms with Crippen LogP contribution in [0, 0.1) is 10.1 Å². The number of carbonyl (C=O) groups is 1. The van der Waals surface area contributed by atoms with Gasteiger partial charge in [0, 0.05) is 55.3 Å². The molecule has 1 N–H and O–H groups in total. The number of rotatable bonds is 9. The topological polar surface area (TPSA) is 120 Å². The second-order valence-electron chi connectivity index (χ2n) is 8.08. The number of hydrogen-bond donors (Lipinski definition) is 1. The van der Waals surface area contributed by atoms with Crippen LogP contribution in [0.25, 0.3) is 0 Å². The van der Waals surface area contributed by atoms with Gasteiger partial charge in [-0.25, -0.2) is 4.79 Å². The van der Waals surface area contributed by atoms with E-state index in [1.54, 1.807) is 10.6 Å². The molecule has 0 atom stereocenters. The summed E-state index contributed by atoms with van der Waals surface area (Å²) in [5.74, 6) is -0.230. The number of amides is 1. The van der Waals surface area contributed by atoms with E-state index in [4.69, 9.17) is 4.74 Å². The predicted molar refractivity (Wildman–Crippen MR) is 125 cm³/mol. The van der Waals surface area contributed by atoms with Crippen LogP contribution in [-0.2, 0) is 28.9 Å². The number of non-ortho nitro benzene ring substituents is 1. The molecule has 11 heteroatoms. The fourth-order valence-electron chi connectivity index (χ4n) is 4.24. The standard InChI is InChI=1S/C22H27N5O5S/c28-20(23-16-4-1-5-17(14-16)27(30)31)15-33-21-18-6-2-7-19(18)26(22(29)24-21)9-3-8-25-10-12-32-13-11-25/h1,4-5,14H,2-3,6-13,15H2,(H,23,28). The maximum atomic E-state index is 12.8. The van der Waals surface area contributed by atoms with E-state index in [-0.39, 0.29) is 23.0 Å². The molecule has 0 radical (unpaired) electrons. The van der Waals surface area contributed by atoms with Gasteiger partial charge in [-0.1, -0.05) is 17.8 Å². The quantitative estimate of drug-likeness (QED) is 0.254. The average Bonchev–Trinajstić information content (AvgIpc) is 3.30. The molecule has 2 aliphatic rings. The number of nitrogens with one attached hydrogen (secondary N) is 1. The molecule has 0 spiro atoms. The Hall–Kier alpha value is -2.76. The minimum absolute atomic E-state index is 0.0720. The fourth-order valence-corrected chi connectivity index (χ4v) is 5.12. The molecule has 0 saturated carbocycles. The van der Waals surface area contributed by atoms with E-state index in [1.165, 1.54) is 30.0 Å². The number of morpholine rings is 1. The van der Waals surface area contributed by atoms with Crippen molar-refractivity contribution >= 4 is 29.0 Å². The molecule has 0 unspecified atom stereocenters. The highest BCUT2D eigenvalue weighted by molar-refractivity contribution is 8.00. The van der Waals surface area contributed by atoms with Gasteiger partial charge in [0.05, 0.1) is 23.9 Å². The van der Waals surface area contributed by atoms with E-state index >= 15 is 0 Å². The monoisotopic (exact) mass is 473 g/mol. The molecular formula is C22H27N5O5S. The highest BCUT2D eigenvalue weighted by atomic mass is 32.2. The number of nitrogens with zero attached hydrogens (tertiary/aromatic N) is 4. The zero-order valence-corrected chi connectivity index (χ0v) is 19.1. The van der Waals surface area contributed by atoms with Crippen molar-refractivity contribution in [3.63, 3.8) is 0 Å². The first-order chi connectivity index (χ1) is 16.0. The van der Waals surface area contributed by atoms with E-state index in [1.807, 2.05) is 0 Å². The van der Waals surface area contributed by atoms with Crippen molar-refractivity contribution in [1.82, 2.24) is 14.5 Å². The van der Waals surface area contributed by atoms with Crippen molar-refractivity contribution in [1.29, 1.82) is 0 Å². The molecule has 1 fully saturated rings. The van der Waals surface area contributed by atoms with E-state index in [2.05, 4.69) is 15.2 Å². The van der Waals surface area contributed by atoms with Crippen LogP contribution in [0.1, 0.15) is 24.1 Å². The molecule has 176 valence electrons. The Kier molecular flexibility index (Phi) is 7.73. The average molecular weight is 474 g/mol. The third-order valence-electron chi connectivity index (χ3n) is 5.84. The van der Waals surface area contributed by atoms with Gasteiger partial charge >= 0.3 is 5.69 Å². The number of nitro groups is 1. The number of thioether (sulfide) groups is 1. The van der Waals surface area contributed by atoms with Gasteiger partial charge < -0.3 is 10.1 Å². The Balaban J connectivity index is 1.37. The molecule has 0 bridgehead atoms. The summed E-state index contributed by atoms with van der Waals surface area (Å²) in [5, 5.41) is 14.2. The molecule has 1 aliphatic carbocycles. The highest BCUT2D eigenvalue weighted by Crippen LogP contribution is 2.29. The molecule has 33 heavy (non-hydrogen) atoms. The largest absolute Gasteiger partial charge is 0.379 e. The first kappa shape index (κ1) is 23.4. The number of aromatic nitrogens is 2.